The first-order valence-corrected chi connectivity index (χ1v) is 9.55. The Hall–Kier alpha value is -1.40. The van der Waals surface area contributed by atoms with Crippen LogP contribution in [0.3, 0.4) is 0 Å². The fourth-order valence-corrected chi connectivity index (χ4v) is 3.45. The summed E-state index contributed by atoms with van der Waals surface area (Å²) in [7, 11) is -3.25. The summed E-state index contributed by atoms with van der Waals surface area (Å²) in [5, 5.41) is 2.82. The molecule has 0 aromatic heterocycles. The zero-order valence-electron chi connectivity index (χ0n) is 14.0. The number of rotatable bonds is 5. The third-order valence-corrected chi connectivity index (χ3v) is 6.52. The van der Waals surface area contributed by atoms with Crippen LogP contribution >= 0.6 is 0 Å². The number of benzene rings is 1. The highest BCUT2D eigenvalue weighted by Gasteiger charge is 2.29. The van der Waals surface area contributed by atoms with Crippen LogP contribution in [0.5, 0.6) is 0 Å². The summed E-state index contributed by atoms with van der Waals surface area (Å²) in [6.45, 7) is 5.79. The van der Waals surface area contributed by atoms with Crippen LogP contribution in [0.2, 0.25) is 0 Å². The lowest BCUT2D eigenvalue weighted by Crippen LogP contribution is -2.29. The van der Waals surface area contributed by atoms with E-state index < -0.39 is 14.6 Å². The molecule has 1 fully saturated rings. The van der Waals surface area contributed by atoms with Gasteiger partial charge in [-0.05, 0) is 51.3 Å². The Labute approximate surface area is 138 Å². The highest BCUT2D eigenvalue weighted by atomic mass is 32.2. The van der Waals surface area contributed by atoms with Gasteiger partial charge in [0.15, 0.2) is 9.84 Å². The average Bonchev–Trinajstić information content (AvgIpc) is 2.89. The standard InChI is InChI=1S/C17H25NO4S/c1-17(2,3)23(20,21)12-13-6-4-7-14(10-13)18-16(19)11-15-8-5-9-22-15/h4,6-7,10,15H,5,8-9,11-12H2,1-3H3,(H,18,19)/t15-/m1/s1. The number of amides is 1. The first-order valence-electron chi connectivity index (χ1n) is 7.90. The number of carbonyl (C=O) groups is 1. The Balaban J connectivity index is 2.00. The van der Waals surface area contributed by atoms with E-state index in [2.05, 4.69) is 5.32 Å². The van der Waals surface area contributed by atoms with Crippen LogP contribution < -0.4 is 5.32 Å². The van der Waals surface area contributed by atoms with Crippen molar-refractivity contribution in [2.75, 3.05) is 11.9 Å². The third kappa shape index (κ3) is 5.04. The summed E-state index contributed by atoms with van der Waals surface area (Å²) in [6.07, 6.45) is 2.25. The second kappa shape index (κ2) is 7.01. The zero-order chi connectivity index (χ0) is 17.1. The van der Waals surface area contributed by atoms with E-state index in [0.717, 1.165) is 19.4 Å². The van der Waals surface area contributed by atoms with Gasteiger partial charge in [-0.3, -0.25) is 4.79 Å². The van der Waals surface area contributed by atoms with Gasteiger partial charge in [0.1, 0.15) is 0 Å². The van der Waals surface area contributed by atoms with E-state index in [9.17, 15) is 13.2 Å². The van der Waals surface area contributed by atoms with Crippen LogP contribution in [0.1, 0.15) is 45.6 Å². The molecule has 0 unspecified atom stereocenters. The van der Waals surface area contributed by atoms with Crippen LogP contribution in [-0.2, 0) is 25.1 Å². The summed E-state index contributed by atoms with van der Waals surface area (Å²) in [6, 6.07) is 7.01. The molecule has 1 amide bonds. The quantitative estimate of drug-likeness (QED) is 0.895. The van der Waals surface area contributed by atoms with Crippen LogP contribution in [0.4, 0.5) is 5.69 Å². The molecule has 1 aliphatic heterocycles. The van der Waals surface area contributed by atoms with Crippen molar-refractivity contribution in [2.24, 2.45) is 0 Å². The highest BCUT2D eigenvalue weighted by Crippen LogP contribution is 2.22. The minimum Gasteiger partial charge on any atom is -0.378 e. The molecule has 128 valence electrons. The lowest BCUT2D eigenvalue weighted by atomic mass is 10.1. The van der Waals surface area contributed by atoms with Gasteiger partial charge in [-0.25, -0.2) is 8.42 Å². The number of anilines is 1. The van der Waals surface area contributed by atoms with Gasteiger partial charge in [-0.15, -0.1) is 0 Å². The topological polar surface area (TPSA) is 72.5 Å². The predicted octanol–water partition coefficient (Wildman–Crippen LogP) is 2.91. The maximum atomic E-state index is 12.3. The molecule has 0 aliphatic carbocycles. The molecule has 1 N–H and O–H groups in total. The largest absolute Gasteiger partial charge is 0.378 e. The fraction of sp³-hybridized carbons (Fsp3) is 0.588. The summed E-state index contributed by atoms with van der Waals surface area (Å²) >= 11 is 0. The summed E-state index contributed by atoms with van der Waals surface area (Å²) in [5.74, 6) is -0.140. The third-order valence-electron chi connectivity index (χ3n) is 3.94. The van der Waals surface area contributed by atoms with Gasteiger partial charge in [0.25, 0.3) is 0 Å². The fourth-order valence-electron chi connectivity index (χ4n) is 2.40. The maximum absolute atomic E-state index is 12.3. The van der Waals surface area contributed by atoms with Crippen molar-refractivity contribution >= 4 is 21.4 Å². The van der Waals surface area contributed by atoms with Gasteiger partial charge in [0, 0.05) is 12.3 Å². The molecule has 0 saturated carbocycles. The summed E-state index contributed by atoms with van der Waals surface area (Å²) in [5.41, 5.74) is 1.30. The Morgan fingerprint density at radius 1 is 1.35 bits per heavy atom. The molecular formula is C17H25NO4S. The number of nitrogens with one attached hydrogen (secondary N) is 1. The van der Waals surface area contributed by atoms with E-state index in [1.165, 1.54) is 0 Å². The Kier molecular flexibility index (Phi) is 5.47. The van der Waals surface area contributed by atoms with Gasteiger partial charge in [-0.2, -0.15) is 0 Å². The van der Waals surface area contributed by atoms with Crippen LogP contribution in [0, 0.1) is 0 Å². The Bertz CT molecular complexity index is 655. The lowest BCUT2D eigenvalue weighted by Gasteiger charge is -2.19. The Morgan fingerprint density at radius 3 is 2.70 bits per heavy atom. The van der Waals surface area contributed by atoms with Crippen molar-refractivity contribution < 1.29 is 17.9 Å². The SMILES string of the molecule is CC(C)(C)S(=O)(=O)Cc1cccc(NC(=O)C[C@H]2CCCO2)c1. The molecule has 1 saturated heterocycles. The van der Waals surface area contributed by atoms with Crippen molar-refractivity contribution in [3.8, 4) is 0 Å². The normalized spacial score (nSPS) is 18.8. The van der Waals surface area contributed by atoms with Gasteiger partial charge in [-0.1, -0.05) is 12.1 Å². The monoisotopic (exact) mass is 339 g/mol. The molecule has 1 heterocycles. The van der Waals surface area contributed by atoms with Gasteiger partial charge < -0.3 is 10.1 Å². The number of ether oxygens (including phenoxy) is 1. The number of hydrogen-bond acceptors (Lipinski definition) is 4. The summed E-state index contributed by atoms with van der Waals surface area (Å²) in [4.78, 5) is 12.0. The lowest BCUT2D eigenvalue weighted by molar-refractivity contribution is -0.118. The molecule has 1 aromatic rings. The van der Waals surface area contributed by atoms with Crippen LogP contribution in [0.15, 0.2) is 24.3 Å². The maximum Gasteiger partial charge on any atom is 0.226 e. The molecule has 0 spiro atoms. The van der Waals surface area contributed by atoms with Crippen LogP contribution in [-0.4, -0.2) is 31.8 Å². The number of sulfone groups is 1. The molecule has 1 atom stereocenters. The van der Waals surface area contributed by atoms with Crippen molar-refractivity contribution in [1.82, 2.24) is 0 Å². The first-order chi connectivity index (χ1) is 10.7. The minimum absolute atomic E-state index is 0.000508. The molecule has 1 aromatic carbocycles. The van der Waals surface area contributed by atoms with E-state index in [1.807, 2.05) is 0 Å². The van der Waals surface area contributed by atoms with Crippen LogP contribution in [0.25, 0.3) is 0 Å². The van der Waals surface area contributed by atoms with E-state index in [-0.39, 0.29) is 17.8 Å². The van der Waals surface area contributed by atoms with E-state index in [0.29, 0.717) is 17.7 Å². The Morgan fingerprint density at radius 2 is 2.09 bits per heavy atom. The smallest absolute Gasteiger partial charge is 0.226 e. The van der Waals surface area contributed by atoms with E-state index in [1.54, 1.807) is 45.0 Å². The van der Waals surface area contributed by atoms with E-state index in [4.69, 9.17) is 4.74 Å². The molecule has 1 aliphatic rings. The summed E-state index contributed by atoms with van der Waals surface area (Å²) < 4.78 is 29.2. The average molecular weight is 339 g/mol. The molecule has 0 bridgehead atoms. The second-order valence-electron chi connectivity index (χ2n) is 6.96. The molecule has 5 nitrogen and oxygen atoms in total. The first kappa shape index (κ1) is 17.9. The van der Waals surface area contributed by atoms with Gasteiger partial charge in [0.05, 0.1) is 23.0 Å². The van der Waals surface area contributed by atoms with Crippen molar-refractivity contribution in [3.05, 3.63) is 29.8 Å². The van der Waals surface area contributed by atoms with Gasteiger partial charge >= 0.3 is 0 Å². The number of carbonyl (C=O) groups excluding carboxylic acids is 1. The minimum atomic E-state index is -3.25. The van der Waals surface area contributed by atoms with Crippen molar-refractivity contribution in [3.63, 3.8) is 0 Å². The highest BCUT2D eigenvalue weighted by molar-refractivity contribution is 7.91. The molecule has 23 heavy (non-hydrogen) atoms. The number of hydrogen-bond donors (Lipinski definition) is 1. The van der Waals surface area contributed by atoms with Gasteiger partial charge in [0.2, 0.25) is 5.91 Å². The zero-order valence-corrected chi connectivity index (χ0v) is 14.8. The molecule has 0 radical (unpaired) electrons. The van der Waals surface area contributed by atoms with Crippen molar-refractivity contribution in [2.45, 2.75) is 56.6 Å². The van der Waals surface area contributed by atoms with E-state index >= 15 is 0 Å². The molecule has 6 heteroatoms. The molecular weight excluding hydrogens is 314 g/mol. The van der Waals surface area contributed by atoms with Crippen molar-refractivity contribution in [1.29, 1.82) is 0 Å². The predicted molar refractivity (Wildman–Crippen MR) is 91.0 cm³/mol. The second-order valence-corrected chi connectivity index (χ2v) is 9.70. The molecule has 2 rings (SSSR count).